The molecular formula is C10H16BNO3. The first-order valence-corrected chi connectivity index (χ1v) is 4.83. The van der Waals surface area contributed by atoms with Crippen molar-refractivity contribution in [2.45, 2.75) is 0 Å². The SMILES string of the molecule is CN(C)CCOc1ccc(B(O)O)cc1. The van der Waals surface area contributed by atoms with Gasteiger partial charge in [0, 0.05) is 6.54 Å². The van der Waals surface area contributed by atoms with E-state index < -0.39 is 7.12 Å². The lowest BCUT2D eigenvalue weighted by Crippen LogP contribution is -2.29. The zero-order chi connectivity index (χ0) is 11.3. The Labute approximate surface area is 90.2 Å². The third-order valence-electron chi connectivity index (χ3n) is 1.99. The summed E-state index contributed by atoms with van der Waals surface area (Å²) in [4.78, 5) is 2.03. The van der Waals surface area contributed by atoms with E-state index in [1.807, 2.05) is 19.0 Å². The number of ether oxygens (including phenoxy) is 1. The maximum absolute atomic E-state index is 8.87. The smallest absolute Gasteiger partial charge is 0.488 e. The molecule has 5 heteroatoms. The fourth-order valence-corrected chi connectivity index (χ4v) is 1.08. The van der Waals surface area contributed by atoms with Gasteiger partial charge in [-0.05, 0) is 31.7 Å². The summed E-state index contributed by atoms with van der Waals surface area (Å²) in [6.07, 6.45) is 0. The first-order chi connectivity index (χ1) is 7.09. The number of hydrogen-bond acceptors (Lipinski definition) is 4. The van der Waals surface area contributed by atoms with Crippen molar-refractivity contribution >= 4 is 12.6 Å². The number of hydrogen-bond donors (Lipinski definition) is 2. The Bertz CT molecular complexity index is 287. The molecule has 15 heavy (non-hydrogen) atoms. The number of benzene rings is 1. The molecule has 82 valence electrons. The lowest BCUT2D eigenvalue weighted by atomic mass is 9.80. The average molecular weight is 209 g/mol. The van der Waals surface area contributed by atoms with Gasteiger partial charge in [-0.3, -0.25) is 0 Å². The molecule has 0 spiro atoms. The summed E-state index contributed by atoms with van der Waals surface area (Å²) in [5.41, 5.74) is 0.468. The van der Waals surface area contributed by atoms with Crippen molar-refractivity contribution in [2.24, 2.45) is 0 Å². The minimum Gasteiger partial charge on any atom is -0.492 e. The van der Waals surface area contributed by atoms with Gasteiger partial charge >= 0.3 is 7.12 Å². The number of nitrogens with zero attached hydrogens (tertiary/aromatic N) is 1. The Balaban J connectivity index is 2.43. The topological polar surface area (TPSA) is 52.9 Å². The second-order valence-corrected chi connectivity index (χ2v) is 3.59. The Kier molecular flexibility index (Phi) is 4.61. The molecule has 0 fully saturated rings. The second-order valence-electron chi connectivity index (χ2n) is 3.59. The summed E-state index contributed by atoms with van der Waals surface area (Å²) >= 11 is 0. The highest BCUT2D eigenvalue weighted by atomic mass is 16.5. The summed E-state index contributed by atoms with van der Waals surface area (Å²) in [5.74, 6) is 0.737. The van der Waals surface area contributed by atoms with Crippen LogP contribution >= 0.6 is 0 Å². The Morgan fingerprint density at radius 2 is 1.80 bits per heavy atom. The summed E-state index contributed by atoms with van der Waals surface area (Å²) in [7, 11) is 2.55. The summed E-state index contributed by atoms with van der Waals surface area (Å²) < 4.78 is 5.45. The van der Waals surface area contributed by atoms with Crippen LogP contribution in [0.4, 0.5) is 0 Å². The van der Waals surface area contributed by atoms with Crippen molar-refractivity contribution in [3.05, 3.63) is 24.3 Å². The van der Waals surface area contributed by atoms with Gasteiger partial charge in [0.25, 0.3) is 0 Å². The van der Waals surface area contributed by atoms with Gasteiger partial charge in [-0.2, -0.15) is 0 Å². The van der Waals surface area contributed by atoms with Crippen LogP contribution in [0.5, 0.6) is 5.75 Å². The van der Waals surface area contributed by atoms with Crippen LogP contribution in [0.15, 0.2) is 24.3 Å². The van der Waals surface area contributed by atoms with Crippen LogP contribution in [-0.2, 0) is 0 Å². The maximum Gasteiger partial charge on any atom is 0.488 e. The van der Waals surface area contributed by atoms with Crippen LogP contribution in [0.2, 0.25) is 0 Å². The molecule has 0 unspecified atom stereocenters. The molecular weight excluding hydrogens is 193 g/mol. The molecule has 0 amide bonds. The van der Waals surface area contributed by atoms with Crippen LogP contribution in [0.3, 0.4) is 0 Å². The second kappa shape index (κ2) is 5.75. The van der Waals surface area contributed by atoms with E-state index in [2.05, 4.69) is 0 Å². The van der Waals surface area contributed by atoms with E-state index in [-0.39, 0.29) is 0 Å². The number of rotatable bonds is 5. The molecule has 2 N–H and O–H groups in total. The molecule has 0 aliphatic rings. The van der Waals surface area contributed by atoms with Gasteiger partial charge in [-0.15, -0.1) is 0 Å². The third kappa shape index (κ3) is 4.33. The normalized spacial score (nSPS) is 10.5. The van der Waals surface area contributed by atoms with Gasteiger partial charge in [0.1, 0.15) is 12.4 Å². The zero-order valence-corrected chi connectivity index (χ0v) is 9.05. The average Bonchev–Trinajstić information content (AvgIpc) is 2.18. The van der Waals surface area contributed by atoms with Crippen LogP contribution in [-0.4, -0.2) is 49.3 Å². The van der Waals surface area contributed by atoms with Crippen molar-refractivity contribution in [2.75, 3.05) is 27.2 Å². The molecule has 0 aromatic heterocycles. The standard InChI is InChI=1S/C10H16BNO3/c1-12(2)7-8-15-10-5-3-9(4-6-10)11(13)14/h3-6,13-14H,7-8H2,1-2H3. The van der Waals surface area contributed by atoms with Gasteiger partial charge in [0.15, 0.2) is 0 Å². The van der Waals surface area contributed by atoms with E-state index in [1.165, 1.54) is 0 Å². The molecule has 0 saturated carbocycles. The van der Waals surface area contributed by atoms with E-state index in [0.29, 0.717) is 12.1 Å². The van der Waals surface area contributed by atoms with Crippen molar-refractivity contribution in [3.8, 4) is 5.75 Å². The van der Waals surface area contributed by atoms with E-state index in [9.17, 15) is 0 Å². The molecule has 0 bridgehead atoms. The van der Waals surface area contributed by atoms with Crippen LogP contribution < -0.4 is 10.2 Å². The first-order valence-electron chi connectivity index (χ1n) is 4.83. The predicted octanol–water partition coefficient (Wildman–Crippen LogP) is -0.693. The Morgan fingerprint density at radius 3 is 2.27 bits per heavy atom. The van der Waals surface area contributed by atoms with E-state index in [1.54, 1.807) is 24.3 Å². The quantitative estimate of drug-likeness (QED) is 0.630. The van der Waals surface area contributed by atoms with Crippen LogP contribution in [0, 0.1) is 0 Å². The van der Waals surface area contributed by atoms with Gasteiger partial charge in [-0.25, -0.2) is 0 Å². The molecule has 0 radical (unpaired) electrons. The van der Waals surface area contributed by atoms with Gasteiger partial charge in [0.05, 0.1) is 0 Å². The Hall–Kier alpha value is -1.04. The minimum atomic E-state index is -1.42. The van der Waals surface area contributed by atoms with Crippen LogP contribution in [0.25, 0.3) is 0 Å². The Morgan fingerprint density at radius 1 is 1.20 bits per heavy atom. The predicted molar refractivity (Wildman–Crippen MR) is 60.3 cm³/mol. The fraction of sp³-hybridized carbons (Fsp3) is 0.400. The van der Waals surface area contributed by atoms with Crippen molar-refractivity contribution < 1.29 is 14.8 Å². The summed E-state index contributed by atoms with van der Waals surface area (Å²) in [6.45, 7) is 1.47. The van der Waals surface area contributed by atoms with Gasteiger partial charge in [-0.1, -0.05) is 12.1 Å². The molecule has 1 rings (SSSR count). The van der Waals surface area contributed by atoms with Crippen molar-refractivity contribution in [3.63, 3.8) is 0 Å². The lowest BCUT2D eigenvalue weighted by molar-refractivity contribution is 0.261. The van der Waals surface area contributed by atoms with Crippen molar-refractivity contribution in [1.29, 1.82) is 0 Å². The van der Waals surface area contributed by atoms with Gasteiger partial charge < -0.3 is 19.7 Å². The molecule has 1 aromatic rings. The molecule has 0 saturated heterocycles. The van der Waals surface area contributed by atoms with E-state index in [4.69, 9.17) is 14.8 Å². The zero-order valence-electron chi connectivity index (χ0n) is 9.05. The molecule has 1 aromatic carbocycles. The minimum absolute atomic E-state index is 0.468. The highest BCUT2D eigenvalue weighted by Gasteiger charge is 2.09. The monoisotopic (exact) mass is 209 g/mol. The molecule has 0 atom stereocenters. The largest absolute Gasteiger partial charge is 0.492 e. The van der Waals surface area contributed by atoms with Gasteiger partial charge in [0.2, 0.25) is 0 Å². The highest BCUT2D eigenvalue weighted by Crippen LogP contribution is 2.07. The van der Waals surface area contributed by atoms with E-state index >= 15 is 0 Å². The van der Waals surface area contributed by atoms with Crippen LogP contribution in [0.1, 0.15) is 0 Å². The van der Waals surface area contributed by atoms with E-state index in [0.717, 1.165) is 12.3 Å². The fourth-order valence-electron chi connectivity index (χ4n) is 1.08. The highest BCUT2D eigenvalue weighted by molar-refractivity contribution is 6.58. The molecule has 0 aliphatic carbocycles. The summed E-state index contributed by atoms with van der Waals surface area (Å²) in [6, 6.07) is 6.72. The molecule has 0 aliphatic heterocycles. The lowest BCUT2D eigenvalue weighted by Gasteiger charge is -2.11. The maximum atomic E-state index is 8.87. The molecule has 0 heterocycles. The van der Waals surface area contributed by atoms with Crippen molar-refractivity contribution in [1.82, 2.24) is 4.90 Å². The third-order valence-corrected chi connectivity index (χ3v) is 1.99. The first kappa shape index (κ1) is 12.0. The summed E-state index contributed by atoms with van der Waals surface area (Å²) in [5, 5.41) is 17.7. The number of likely N-dealkylation sites (N-methyl/N-ethyl adjacent to an activating group) is 1. The molecule has 4 nitrogen and oxygen atoms in total.